The average Bonchev–Trinajstić information content (AvgIpc) is 2.81. The Morgan fingerprint density at radius 3 is 2.48 bits per heavy atom. The van der Waals surface area contributed by atoms with Crippen LogP contribution in [0.1, 0.15) is 18.1 Å². The van der Waals surface area contributed by atoms with Gasteiger partial charge in [0.25, 0.3) is 0 Å². The summed E-state index contributed by atoms with van der Waals surface area (Å²) < 4.78 is 16.6. The molecule has 1 heterocycles. The number of methoxy groups -OCH3 is 1. The largest absolute Gasteiger partial charge is 0.497 e. The predicted molar refractivity (Wildman–Crippen MR) is 124 cm³/mol. The lowest BCUT2D eigenvalue weighted by Gasteiger charge is -2.26. The van der Waals surface area contributed by atoms with Crippen molar-refractivity contribution >= 4 is 5.96 Å². The van der Waals surface area contributed by atoms with Crippen molar-refractivity contribution in [3.8, 4) is 11.5 Å². The van der Waals surface area contributed by atoms with E-state index >= 15 is 0 Å². The first-order valence-corrected chi connectivity index (χ1v) is 10.8. The molecule has 2 N–H and O–H groups in total. The van der Waals surface area contributed by atoms with Gasteiger partial charge in [-0.05, 0) is 30.2 Å². The number of morpholine rings is 1. The van der Waals surface area contributed by atoms with E-state index in [0.29, 0.717) is 13.1 Å². The highest BCUT2D eigenvalue weighted by atomic mass is 16.5. The molecule has 0 radical (unpaired) electrons. The molecule has 7 heteroatoms. The molecule has 2 aromatic carbocycles. The van der Waals surface area contributed by atoms with Crippen molar-refractivity contribution in [1.82, 2.24) is 15.5 Å². The van der Waals surface area contributed by atoms with Crippen LogP contribution in [0.25, 0.3) is 0 Å². The molecule has 0 saturated carbocycles. The van der Waals surface area contributed by atoms with Gasteiger partial charge in [0.15, 0.2) is 5.96 Å². The van der Waals surface area contributed by atoms with Gasteiger partial charge >= 0.3 is 0 Å². The minimum absolute atomic E-state index is 0.0230. The standard InChI is InChI=1S/C24H34N4O3/c1-19(31-23-6-4-5-22(15-23)29-3)16-26-24(25-2)27-17-20-7-9-21(10-8-20)18-28-11-13-30-14-12-28/h4-10,15,19H,11-14,16-18H2,1-3H3,(H2,25,26,27). The van der Waals surface area contributed by atoms with Crippen LogP contribution < -0.4 is 20.1 Å². The molecule has 1 fully saturated rings. The molecule has 0 spiro atoms. The van der Waals surface area contributed by atoms with E-state index in [4.69, 9.17) is 14.2 Å². The van der Waals surface area contributed by atoms with Crippen molar-refractivity contribution in [2.24, 2.45) is 4.99 Å². The molecule has 1 aliphatic rings. The first-order valence-electron chi connectivity index (χ1n) is 10.8. The van der Waals surface area contributed by atoms with Crippen LogP contribution in [0.2, 0.25) is 0 Å². The third-order valence-corrected chi connectivity index (χ3v) is 5.15. The predicted octanol–water partition coefficient (Wildman–Crippen LogP) is 2.66. The Labute approximate surface area is 185 Å². The zero-order valence-electron chi connectivity index (χ0n) is 18.8. The van der Waals surface area contributed by atoms with Crippen molar-refractivity contribution < 1.29 is 14.2 Å². The molecule has 1 unspecified atom stereocenters. The van der Waals surface area contributed by atoms with Crippen molar-refractivity contribution in [2.75, 3.05) is 47.0 Å². The van der Waals surface area contributed by atoms with Crippen molar-refractivity contribution in [2.45, 2.75) is 26.1 Å². The SMILES string of the molecule is CN=C(NCc1ccc(CN2CCOCC2)cc1)NCC(C)Oc1cccc(OC)c1. The molecule has 0 bridgehead atoms. The third kappa shape index (κ3) is 7.77. The molecule has 0 amide bonds. The van der Waals surface area contributed by atoms with Gasteiger partial charge in [-0.2, -0.15) is 0 Å². The van der Waals surface area contributed by atoms with Crippen LogP contribution in [0.4, 0.5) is 0 Å². The van der Waals surface area contributed by atoms with Gasteiger partial charge in [0, 0.05) is 39.3 Å². The van der Waals surface area contributed by atoms with E-state index in [9.17, 15) is 0 Å². The fourth-order valence-electron chi connectivity index (χ4n) is 3.38. The number of benzene rings is 2. The zero-order valence-corrected chi connectivity index (χ0v) is 18.8. The van der Waals surface area contributed by atoms with Gasteiger partial charge in [-0.15, -0.1) is 0 Å². The molecule has 3 rings (SSSR count). The van der Waals surface area contributed by atoms with Gasteiger partial charge in [-0.25, -0.2) is 0 Å². The molecule has 1 saturated heterocycles. The minimum Gasteiger partial charge on any atom is -0.497 e. The van der Waals surface area contributed by atoms with Crippen LogP contribution in [0.15, 0.2) is 53.5 Å². The molecule has 1 aliphatic heterocycles. The Morgan fingerprint density at radius 2 is 1.77 bits per heavy atom. The van der Waals surface area contributed by atoms with Gasteiger partial charge in [0.1, 0.15) is 17.6 Å². The van der Waals surface area contributed by atoms with Gasteiger partial charge in [0.2, 0.25) is 0 Å². The smallest absolute Gasteiger partial charge is 0.191 e. The summed E-state index contributed by atoms with van der Waals surface area (Å²) in [4.78, 5) is 6.73. The molecular weight excluding hydrogens is 392 g/mol. The topological polar surface area (TPSA) is 67.4 Å². The lowest BCUT2D eigenvalue weighted by atomic mass is 10.1. The van der Waals surface area contributed by atoms with Gasteiger partial charge in [0.05, 0.1) is 26.9 Å². The van der Waals surface area contributed by atoms with Gasteiger partial charge in [-0.3, -0.25) is 9.89 Å². The first-order chi connectivity index (χ1) is 15.2. The van der Waals surface area contributed by atoms with Crippen LogP contribution in [0.5, 0.6) is 11.5 Å². The molecule has 0 aliphatic carbocycles. The number of nitrogens with one attached hydrogen (secondary N) is 2. The Morgan fingerprint density at radius 1 is 1.06 bits per heavy atom. The van der Waals surface area contributed by atoms with E-state index in [1.165, 1.54) is 11.1 Å². The Balaban J connectivity index is 1.40. The normalized spacial score (nSPS) is 15.9. The molecule has 7 nitrogen and oxygen atoms in total. The molecule has 168 valence electrons. The number of ether oxygens (including phenoxy) is 3. The number of nitrogens with zero attached hydrogens (tertiary/aromatic N) is 2. The Hall–Kier alpha value is -2.77. The van der Waals surface area contributed by atoms with Crippen LogP contribution in [-0.4, -0.2) is 64.0 Å². The fraction of sp³-hybridized carbons (Fsp3) is 0.458. The van der Waals surface area contributed by atoms with Crippen molar-refractivity contribution in [1.29, 1.82) is 0 Å². The summed E-state index contributed by atoms with van der Waals surface area (Å²) in [6.07, 6.45) is -0.0230. The Bertz CT molecular complexity index is 820. The highest BCUT2D eigenvalue weighted by Crippen LogP contribution is 2.19. The van der Waals surface area contributed by atoms with E-state index in [0.717, 1.165) is 50.3 Å². The number of guanidine groups is 1. The minimum atomic E-state index is -0.0230. The number of hydrogen-bond donors (Lipinski definition) is 2. The maximum absolute atomic E-state index is 5.95. The lowest BCUT2D eigenvalue weighted by Crippen LogP contribution is -2.41. The number of rotatable bonds is 9. The van der Waals surface area contributed by atoms with Gasteiger partial charge < -0.3 is 24.8 Å². The van der Waals surface area contributed by atoms with E-state index in [-0.39, 0.29) is 6.10 Å². The quantitative estimate of drug-likeness (QED) is 0.475. The number of hydrogen-bond acceptors (Lipinski definition) is 5. The molecule has 2 aromatic rings. The summed E-state index contributed by atoms with van der Waals surface area (Å²) in [6.45, 7) is 8.02. The van der Waals surface area contributed by atoms with E-state index in [1.54, 1.807) is 14.2 Å². The van der Waals surface area contributed by atoms with Crippen molar-refractivity contribution in [3.63, 3.8) is 0 Å². The van der Waals surface area contributed by atoms with Crippen LogP contribution >= 0.6 is 0 Å². The summed E-state index contributed by atoms with van der Waals surface area (Å²) in [5, 5.41) is 6.68. The third-order valence-electron chi connectivity index (χ3n) is 5.15. The second-order valence-electron chi connectivity index (χ2n) is 7.62. The van der Waals surface area contributed by atoms with Crippen molar-refractivity contribution in [3.05, 3.63) is 59.7 Å². The average molecular weight is 427 g/mol. The lowest BCUT2D eigenvalue weighted by molar-refractivity contribution is 0.0342. The van der Waals surface area contributed by atoms with E-state index < -0.39 is 0 Å². The van der Waals surface area contributed by atoms with Gasteiger partial charge in [-0.1, -0.05) is 30.3 Å². The zero-order chi connectivity index (χ0) is 21.9. The summed E-state index contributed by atoms with van der Waals surface area (Å²) in [5.41, 5.74) is 2.55. The maximum Gasteiger partial charge on any atom is 0.191 e. The van der Waals surface area contributed by atoms with Crippen LogP contribution in [0.3, 0.4) is 0 Å². The maximum atomic E-state index is 5.95. The molecule has 0 aromatic heterocycles. The molecule has 1 atom stereocenters. The summed E-state index contributed by atoms with van der Waals surface area (Å²) in [5.74, 6) is 2.32. The van der Waals surface area contributed by atoms with Crippen LogP contribution in [0, 0.1) is 0 Å². The number of aliphatic imine (C=N–C) groups is 1. The summed E-state index contributed by atoms with van der Waals surface area (Å²) in [7, 11) is 3.42. The van der Waals surface area contributed by atoms with E-state index in [2.05, 4.69) is 44.8 Å². The van der Waals surface area contributed by atoms with Crippen LogP contribution in [-0.2, 0) is 17.8 Å². The first kappa shape index (κ1) is 22.9. The molecule has 31 heavy (non-hydrogen) atoms. The molecular formula is C24H34N4O3. The highest BCUT2D eigenvalue weighted by molar-refractivity contribution is 5.79. The second kappa shape index (κ2) is 12.2. The Kier molecular flexibility index (Phi) is 8.99. The van der Waals surface area contributed by atoms with E-state index in [1.807, 2.05) is 31.2 Å². The highest BCUT2D eigenvalue weighted by Gasteiger charge is 2.11. The monoisotopic (exact) mass is 426 g/mol. The summed E-state index contributed by atoms with van der Waals surface area (Å²) >= 11 is 0. The summed E-state index contributed by atoms with van der Waals surface area (Å²) in [6, 6.07) is 16.4. The fourth-order valence-corrected chi connectivity index (χ4v) is 3.38. The second-order valence-corrected chi connectivity index (χ2v) is 7.62.